The zero-order valence-corrected chi connectivity index (χ0v) is 12.7. The van der Waals surface area contributed by atoms with E-state index in [0.717, 1.165) is 15.6 Å². The molecule has 0 aliphatic carbocycles. The molecule has 0 aliphatic rings. The normalized spacial score (nSPS) is 11.9. The van der Waals surface area contributed by atoms with Crippen LogP contribution in [0.5, 0.6) is 5.75 Å². The molecule has 0 heterocycles. The van der Waals surface area contributed by atoms with Crippen LogP contribution in [0.3, 0.4) is 0 Å². The van der Waals surface area contributed by atoms with Crippen molar-refractivity contribution in [2.45, 2.75) is 19.4 Å². The van der Waals surface area contributed by atoms with Gasteiger partial charge in [-0.2, -0.15) is 0 Å². The Hall–Kier alpha value is -1.81. The summed E-state index contributed by atoms with van der Waals surface area (Å²) in [5.74, 6) is 0.170. The summed E-state index contributed by atoms with van der Waals surface area (Å²) in [7, 11) is 0. The number of nitrogens with one attached hydrogen (secondary N) is 1. The van der Waals surface area contributed by atoms with Gasteiger partial charge in [-0.1, -0.05) is 40.2 Å². The molecule has 20 heavy (non-hydrogen) atoms. The molecule has 0 saturated carbocycles. The highest BCUT2D eigenvalue weighted by Crippen LogP contribution is 2.17. The molecule has 2 aromatic rings. The first kappa shape index (κ1) is 14.6. The third-order valence-electron chi connectivity index (χ3n) is 3.05. The molecule has 1 amide bonds. The van der Waals surface area contributed by atoms with E-state index in [1.807, 2.05) is 31.2 Å². The maximum Gasteiger partial charge on any atom is 0.224 e. The predicted octanol–water partition coefficient (Wildman–Crippen LogP) is 3.57. The van der Waals surface area contributed by atoms with E-state index in [1.54, 1.807) is 24.3 Å². The molecule has 1 unspecified atom stereocenters. The molecule has 2 rings (SSSR count). The van der Waals surface area contributed by atoms with E-state index in [0.29, 0.717) is 6.42 Å². The molecule has 2 aromatic carbocycles. The molecule has 0 aromatic heterocycles. The van der Waals surface area contributed by atoms with Crippen molar-refractivity contribution in [1.82, 2.24) is 5.32 Å². The number of rotatable bonds is 4. The summed E-state index contributed by atoms with van der Waals surface area (Å²) in [6, 6.07) is 14.5. The number of phenolic OH excluding ortho intramolecular Hbond substituents is 1. The first-order valence-corrected chi connectivity index (χ1v) is 7.16. The quantitative estimate of drug-likeness (QED) is 0.898. The second-order valence-corrected chi connectivity index (χ2v) is 5.60. The van der Waals surface area contributed by atoms with Crippen LogP contribution in [0.15, 0.2) is 53.0 Å². The largest absolute Gasteiger partial charge is 0.508 e. The smallest absolute Gasteiger partial charge is 0.224 e. The van der Waals surface area contributed by atoms with E-state index in [2.05, 4.69) is 21.2 Å². The molecule has 0 bridgehead atoms. The lowest BCUT2D eigenvalue weighted by atomic mass is 10.1. The van der Waals surface area contributed by atoms with E-state index in [1.165, 1.54) is 0 Å². The van der Waals surface area contributed by atoms with Crippen LogP contribution in [-0.2, 0) is 11.2 Å². The SMILES string of the molecule is CC(NC(=O)Cc1ccc(O)cc1)c1ccc(Br)cc1. The van der Waals surface area contributed by atoms with Crippen molar-refractivity contribution >= 4 is 21.8 Å². The minimum Gasteiger partial charge on any atom is -0.508 e. The van der Waals surface area contributed by atoms with Crippen LogP contribution in [0.1, 0.15) is 24.1 Å². The molecule has 3 nitrogen and oxygen atoms in total. The van der Waals surface area contributed by atoms with Crippen molar-refractivity contribution in [1.29, 1.82) is 0 Å². The minimum absolute atomic E-state index is 0.0345. The first-order chi connectivity index (χ1) is 9.54. The van der Waals surface area contributed by atoms with E-state index in [-0.39, 0.29) is 17.7 Å². The van der Waals surface area contributed by atoms with Crippen molar-refractivity contribution in [3.63, 3.8) is 0 Å². The van der Waals surface area contributed by atoms with Gasteiger partial charge < -0.3 is 10.4 Å². The van der Waals surface area contributed by atoms with Gasteiger partial charge in [-0.3, -0.25) is 4.79 Å². The number of carbonyl (C=O) groups is 1. The fraction of sp³-hybridized carbons (Fsp3) is 0.188. The highest BCUT2D eigenvalue weighted by atomic mass is 79.9. The molecule has 0 aliphatic heterocycles. The lowest BCUT2D eigenvalue weighted by Gasteiger charge is -2.14. The van der Waals surface area contributed by atoms with Crippen LogP contribution in [0.2, 0.25) is 0 Å². The van der Waals surface area contributed by atoms with Crippen LogP contribution in [0, 0.1) is 0 Å². The zero-order valence-electron chi connectivity index (χ0n) is 11.1. The molecule has 1 atom stereocenters. The highest BCUT2D eigenvalue weighted by Gasteiger charge is 2.10. The number of halogens is 1. The van der Waals surface area contributed by atoms with Crippen LogP contribution < -0.4 is 5.32 Å². The summed E-state index contributed by atoms with van der Waals surface area (Å²) in [5, 5.41) is 12.2. The Morgan fingerprint density at radius 3 is 2.35 bits per heavy atom. The molecular formula is C16H16BrNO2. The van der Waals surface area contributed by atoms with Crippen LogP contribution >= 0.6 is 15.9 Å². The van der Waals surface area contributed by atoms with Crippen molar-refractivity contribution < 1.29 is 9.90 Å². The molecule has 0 radical (unpaired) electrons. The average molecular weight is 334 g/mol. The van der Waals surface area contributed by atoms with Crippen LogP contribution in [0.4, 0.5) is 0 Å². The Kier molecular flexibility index (Phi) is 4.79. The Balaban J connectivity index is 1.93. The summed E-state index contributed by atoms with van der Waals surface area (Å²) in [4.78, 5) is 12.0. The number of benzene rings is 2. The molecular weight excluding hydrogens is 318 g/mol. The Bertz CT molecular complexity index is 578. The molecule has 2 N–H and O–H groups in total. The van der Waals surface area contributed by atoms with Crippen LogP contribution in [0.25, 0.3) is 0 Å². The first-order valence-electron chi connectivity index (χ1n) is 6.37. The summed E-state index contributed by atoms with van der Waals surface area (Å²) in [5.41, 5.74) is 1.94. The predicted molar refractivity (Wildman–Crippen MR) is 82.5 cm³/mol. The van der Waals surface area contributed by atoms with E-state index >= 15 is 0 Å². The second kappa shape index (κ2) is 6.57. The van der Waals surface area contributed by atoms with Crippen molar-refractivity contribution in [2.75, 3.05) is 0 Å². The van der Waals surface area contributed by atoms with E-state index in [4.69, 9.17) is 0 Å². The lowest BCUT2D eigenvalue weighted by Crippen LogP contribution is -2.28. The number of aromatic hydroxyl groups is 1. The van der Waals surface area contributed by atoms with Gasteiger partial charge in [0, 0.05) is 4.47 Å². The average Bonchev–Trinajstić information content (AvgIpc) is 2.42. The lowest BCUT2D eigenvalue weighted by molar-refractivity contribution is -0.121. The number of hydrogen-bond donors (Lipinski definition) is 2. The molecule has 104 valence electrons. The molecule has 0 saturated heterocycles. The molecule has 0 fully saturated rings. The number of hydrogen-bond acceptors (Lipinski definition) is 2. The minimum atomic E-state index is -0.0360. The van der Waals surface area contributed by atoms with E-state index < -0.39 is 0 Å². The maximum absolute atomic E-state index is 12.0. The van der Waals surface area contributed by atoms with Crippen molar-refractivity contribution in [3.05, 3.63) is 64.1 Å². The van der Waals surface area contributed by atoms with Gasteiger partial charge in [-0.05, 0) is 42.3 Å². The summed E-state index contributed by atoms with van der Waals surface area (Å²) < 4.78 is 1.02. The fourth-order valence-electron chi connectivity index (χ4n) is 1.93. The third-order valence-corrected chi connectivity index (χ3v) is 3.58. The van der Waals surface area contributed by atoms with Crippen molar-refractivity contribution in [3.8, 4) is 5.75 Å². The van der Waals surface area contributed by atoms with E-state index in [9.17, 15) is 9.90 Å². The Morgan fingerprint density at radius 1 is 1.15 bits per heavy atom. The fourth-order valence-corrected chi connectivity index (χ4v) is 2.19. The monoisotopic (exact) mass is 333 g/mol. The Morgan fingerprint density at radius 2 is 1.75 bits per heavy atom. The third kappa shape index (κ3) is 4.10. The standard InChI is InChI=1S/C16H16BrNO2/c1-11(13-4-6-14(17)7-5-13)18-16(20)10-12-2-8-15(19)9-3-12/h2-9,11,19H,10H2,1H3,(H,18,20). The number of amides is 1. The van der Waals surface area contributed by atoms with Gasteiger partial charge in [-0.15, -0.1) is 0 Å². The van der Waals surface area contributed by atoms with Gasteiger partial charge in [-0.25, -0.2) is 0 Å². The highest BCUT2D eigenvalue weighted by molar-refractivity contribution is 9.10. The topological polar surface area (TPSA) is 49.3 Å². The van der Waals surface area contributed by atoms with Gasteiger partial charge in [0.05, 0.1) is 12.5 Å². The van der Waals surface area contributed by atoms with Crippen molar-refractivity contribution in [2.24, 2.45) is 0 Å². The number of phenols is 1. The van der Waals surface area contributed by atoms with Gasteiger partial charge in [0.15, 0.2) is 0 Å². The maximum atomic E-state index is 12.0. The molecule has 0 spiro atoms. The summed E-state index contributed by atoms with van der Waals surface area (Å²) >= 11 is 3.39. The summed E-state index contributed by atoms with van der Waals surface area (Å²) in [6.45, 7) is 1.96. The van der Waals surface area contributed by atoms with Gasteiger partial charge in [0.25, 0.3) is 0 Å². The second-order valence-electron chi connectivity index (χ2n) is 4.68. The summed E-state index contributed by atoms with van der Waals surface area (Å²) in [6.07, 6.45) is 0.307. The van der Waals surface area contributed by atoms with Crippen LogP contribution in [-0.4, -0.2) is 11.0 Å². The van der Waals surface area contributed by atoms with Gasteiger partial charge >= 0.3 is 0 Å². The zero-order chi connectivity index (χ0) is 14.5. The van der Waals surface area contributed by atoms with Gasteiger partial charge in [0.2, 0.25) is 5.91 Å². The molecule has 4 heteroatoms. The number of carbonyl (C=O) groups excluding carboxylic acids is 1. The van der Waals surface area contributed by atoms with Gasteiger partial charge in [0.1, 0.15) is 5.75 Å². The Labute approximate surface area is 126 Å².